The lowest BCUT2D eigenvalue weighted by Crippen LogP contribution is -2.43. The number of carbonyl (C=O) groups excluding carboxylic acids is 2. The highest BCUT2D eigenvalue weighted by Crippen LogP contribution is 2.12. The maximum Gasteiger partial charge on any atom is 0.219 e. The molecule has 0 spiro atoms. The molecular formula is C44H86N3O2+. The van der Waals surface area contributed by atoms with Crippen molar-refractivity contribution < 1.29 is 14.1 Å². The summed E-state index contributed by atoms with van der Waals surface area (Å²) >= 11 is 0. The summed E-state index contributed by atoms with van der Waals surface area (Å²) in [5, 5.41) is 6.25. The molecule has 49 heavy (non-hydrogen) atoms. The van der Waals surface area contributed by atoms with Crippen LogP contribution < -0.4 is 10.6 Å². The Balaban J connectivity index is 3.52. The van der Waals surface area contributed by atoms with Crippen LogP contribution in [0, 0.1) is 0 Å². The van der Waals surface area contributed by atoms with Crippen LogP contribution in [-0.2, 0) is 9.59 Å². The van der Waals surface area contributed by atoms with Gasteiger partial charge in [-0.15, -0.1) is 0 Å². The largest absolute Gasteiger partial charge is 0.356 e. The van der Waals surface area contributed by atoms with Crippen molar-refractivity contribution in [3.8, 4) is 0 Å². The number of allylic oxidation sites excluding steroid dienone is 4. The number of nitrogens with one attached hydrogen (secondary N) is 2. The van der Waals surface area contributed by atoms with E-state index in [0.29, 0.717) is 12.8 Å². The first-order chi connectivity index (χ1) is 23.9. The number of unbranched alkanes of at least 4 members (excludes halogenated alkanes) is 22. The smallest absolute Gasteiger partial charge is 0.219 e. The number of rotatable bonds is 38. The first-order valence-electron chi connectivity index (χ1n) is 21.6. The standard InChI is InChI=1S/C44H85N3O2/c1-5-7-9-11-13-15-17-19-21-23-25-27-29-31-33-37-43(48)45-39-35-41-47(3,4)42-36-40-46-44(49)38-34-32-30-28-26-24-22-20-18-16-14-12-10-8-6-2/h19-22H,5-18,23-42H2,1-4H3,(H-,45,46,48,49)/p+1/b21-19-,22-20?. The van der Waals surface area contributed by atoms with E-state index in [1.165, 1.54) is 141 Å². The summed E-state index contributed by atoms with van der Waals surface area (Å²) in [4.78, 5) is 24.5. The fourth-order valence-corrected chi connectivity index (χ4v) is 6.47. The van der Waals surface area contributed by atoms with Crippen LogP contribution in [0.4, 0.5) is 0 Å². The van der Waals surface area contributed by atoms with Gasteiger partial charge in [-0.05, 0) is 64.2 Å². The SMILES string of the molecule is CCCCCCCCC=CCCCCCCCC(=O)NCCC[N+](C)(C)CCCNC(=O)CCCCCCC/C=C\CCCCCCCC. The highest BCUT2D eigenvalue weighted by molar-refractivity contribution is 5.76. The molecule has 0 atom stereocenters. The predicted molar refractivity (Wildman–Crippen MR) is 216 cm³/mol. The third-order valence-corrected chi connectivity index (χ3v) is 9.86. The van der Waals surface area contributed by atoms with Crippen molar-refractivity contribution >= 4 is 11.8 Å². The number of hydrogen-bond donors (Lipinski definition) is 2. The van der Waals surface area contributed by atoms with Gasteiger partial charge in [0, 0.05) is 38.8 Å². The summed E-state index contributed by atoms with van der Waals surface area (Å²) in [6, 6.07) is 0. The van der Waals surface area contributed by atoms with Crippen LogP contribution in [0.2, 0.25) is 0 Å². The first-order valence-corrected chi connectivity index (χ1v) is 21.6. The molecule has 5 heteroatoms. The predicted octanol–water partition coefficient (Wildman–Crippen LogP) is 12.2. The molecular weight excluding hydrogens is 603 g/mol. The van der Waals surface area contributed by atoms with E-state index in [2.05, 4.69) is 62.9 Å². The summed E-state index contributed by atoms with van der Waals surface area (Å²) in [6.07, 6.45) is 46.1. The molecule has 2 N–H and O–H groups in total. The van der Waals surface area contributed by atoms with E-state index in [4.69, 9.17) is 0 Å². The second kappa shape index (κ2) is 37.6. The van der Waals surface area contributed by atoms with Gasteiger partial charge in [-0.25, -0.2) is 0 Å². The summed E-state index contributed by atoms with van der Waals surface area (Å²) in [7, 11) is 4.50. The molecule has 0 unspecified atom stereocenters. The maximum atomic E-state index is 12.2. The molecule has 0 saturated heterocycles. The van der Waals surface area contributed by atoms with Gasteiger partial charge in [0.1, 0.15) is 0 Å². The topological polar surface area (TPSA) is 58.2 Å². The molecule has 5 nitrogen and oxygen atoms in total. The maximum absolute atomic E-state index is 12.2. The Hall–Kier alpha value is -1.62. The second-order valence-corrected chi connectivity index (χ2v) is 15.5. The number of amides is 2. The third kappa shape index (κ3) is 39.0. The summed E-state index contributed by atoms with van der Waals surface area (Å²) in [5.41, 5.74) is 0. The Morgan fingerprint density at radius 1 is 0.408 bits per heavy atom. The molecule has 0 aliphatic rings. The lowest BCUT2D eigenvalue weighted by molar-refractivity contribution is -0.890. The number of carbonyl (C=O) groups is 2. The molecule has 0 heterocycles. The summed E-state index contributed by atoms with van der Waals surface area (Å²) in [5.74, 6) is 0.411. The van der Waals surface area contributed by atoms with Crippen molar-refractivity contribution in [2.24, 2.45) is 0 Å². The Kier molecular flexibility index (Phi) is 36.4. The van der Waals surface area contributed by atoms with Crippen LogP contribution in [-0.4, -0.2) is 56.6 Å². The zero-order valence-corrected chi connectivity index (χ0v) is 33.6. The van der Waals surface area contributed by atoms with Gasteiger partial charge in [-0.3, -0.25) is 9.59 Å². The van der Waals surface area contributed by atoms with E-state index in [1.54, 1.807) is 0 Å². The molecule has 2 amide bonds. The highest BCUT2D eigenvalue weighted by Gasteiger charge is 2.14. The second-order valence-electron chi connectivity index (χ2n) is 15.5. The van der Waals surface area contributed by atoms with Gasteiger partial charge in [-0.1, -0.05) is 141 Å². The zero-order valence-electron chi connectivity index (χ0n) is 33.6. The van der Waals surface area contributed by atoms with Gasteiger partial charge in [0.2, 0.25) is 11.8 Å². The van der Waals surface area contributed by atoms with Crippen molar-refractivity contribution in [2.75, 3.05) is 40.3 Å². The monoisotopic (exact) mass is 689 g/mol. The third-order valence-electron chi connectivity index (χ3n) is 9.86. The van der Waals surface area contributed by atoms with Crippen LogP contribution >= 0.6 is 0 Å². The van der Waals surface area contributed by atoms with Crippen molar-refractivity contribution in [1.29, 1.82) is 0 Å². The zero-order chi connectivity index (χ0) is 35.9. The van der Waals surface area contributed by atoms with Crippen LogP contribution in [0.15, 0.2) is 24.3 Å². The van der Waals surface area contributed by atoms with E-state index in [1.807, 2.05) is 0 Å². The van der Waals surface area contributed by atoms with Gasteiger partial charge >= 0.3 is 0 Å². The van der Waals surface area contributed by atoms with Gasteiger partial charge in [0.05, 0.1) is 27.2 Å². The van der Waals surface area contributed by atoms with Gasteiger partial charge in [0.15, 0.2) is 0 Å². The molecule has 0 aliphatic carbocycles. The molecule has 0 aromatic rings. The molecule has 0 aromatic heterocycles. The van der Waals surface area contributed by atoms with Crippen molar-refractivity contribution in [3.05, 3.63) is 24.3 Å². The van der Waals surface area contributed by atoms with Crippen molar-refractivity contribution in [3.63, 3.8) is 0 Å². The Labute approximate surface area is 306 Å². The molecule has 0 aromatic carbocycles. The molecule has 0 radical (unpaired) electrons. The Morgan fingerprint density at radius 3 is 1.02 bits per heavy atom. The summed E-state index contributed by atoms with van der Waals surface area (Å²) < 4.78 is 0.925. The molecule has 288 valence electrons. The molecule has 0 rings (SSSR count). The highest BCUT2D eigenvalue weighted by atomic mass is 16.2. The van der Waals surface area contributed by atoms with Crippen molar-refractivity contribution in [1.82, 2.24) is 10.6 Å². The average Bonchev–Trinajstić information content (AvgIpc) is 3.08. The Bertz CT molecular complexity index is 714. The van der Waals surface area contributed by atoms with Crippen LogP contribution in [0.3, 0.4) is 0 Å². The van der Waals surface area contributed by atoms with Gasteiger partial charge < -0.3 is 15.1 Å². The van der Waals surface area contributed by atoms with Gasteiger partial charge in [0.25, 0.3) is 0 Å². The van der Waals surface area contributed by atoms with Crippen LogP contribution in [0.1, 0.15) is 206 Å². The van der Waals surface area contributed by atoms with E-state index in [9.17, 15) is 9.59 Å². The quantitative estimate of drug-likeness (QED) is 0.0385. The molecule has 0 aliphatic heterocycles. The minimum absolute atomic E-state index is 0.205. The van der Waals surface area contributed by atoms with Gasteiger partial charge in [-0.2, -0.15) is 0 Å². The van der Waals surface area contributed by atoms with E-state index < -0.39 is 0 Å². The normalized spacial score (nSPS) is 12.0. The number of nitrogens with zero attached hydrogens (tertiary/aromatic N) is 1. The van der Waals surface area contributed by atoms with Crippen molar-refractivity contribution in [2.45, 2.75) is 206 Å². The van der Waals surface area contributed by atoms with Crippen LogP contribution in [0.5, 0.6) is 0 Å². The molecule has 0 saturated carbocycles. The Morgan fingerprint density at radius 2 is 0.694 bits per heavy atom. The van der Waals surface area contributed by atoms with E-state index >= 15 is 0 Å². The van der Waals surface area contributed by atoms with E-state index in [-0.39, 0.29) is 11.8 Å². The van der Waals surface area contributed by atoms with Crippen LogP contribution in [0.25, 0.3) is 0 Å². The first kappa shape index (κ1) is 47.4. The minimum Gasteiger partial charge on any atom is -0.356 e. The average molecular weight is 689 g/mol. The number of hydrogen-bond acceptors (Lipinski definition) is 2. The van der Waals surface area contributed by atoms with E-state index in [0.717, 1.165) is 69.2 Å². The minimum atomic E-state index is 0.205. The fourth-order valence-electron chi connectivity index (χ4n) is 6.47. The summed E-state index contributed by atoms with van der Waals surface area (Å²) in [6.45, 7) is 8.15. The fraction of sp³-hybridized carbons (Fsp3) is 0.864. The number of quaternary nitrogens is 1. The molecule has 0 fully saturated rings. The lowest BCUT2D eigenvalue weighted by atomic mass is 10.1. The lowest BCUT2D eigenvalue weighted by Gasteiger charge is -2.30. The molecule has 0 bridgehead atoms.